The lowest BCUT2D eigenvalue weighted by Crippen LogP contribution is -2.23. The third-order valence-corrected chi connectivity index (χ3v) is 4.27. The van der Waals surface area contributed by atoms with Crippen LogP contribution in [0.2, 0.25) is 0 Å². The topological polar surface area (TPSA) is 35.2 Å². The van der Waals surface area contributed by atoms with Crippen LogP contribution >= 0.6 is 0 Å². The maximum Gasteiger partial charge on any atom is 0.0494 e. The molecule has 0 aromatic carbocycles. The van der Waals surface area contributed by atoms with Gasteiger partial charge in [-0.15, -0.1) is 0 Å². The number of nitrogens with two attached hydrogens (primary N) is 1. The maximum atomic E-state index is 5.85. The van der Waals surface area contributed by atoms with Crippen molar-refractivity contribution in [1.82, 2.24) is 0 Å². The first-order valence-electron chi connectivity index (χ1n) is 7.92. The fourth-order valence-corrected chi connectivity index (χ4v) is 2.69. The molecule has 0 spiro atoms. The Labute approximate surface area is 114 Å². The molecule has 0 unspecified atom stereocenters. The minimum absolute atomic E-state index is 0.307. The summed E-state index contributed by atoms with van der Waals surface area (Å²) in [5.74, 6) is 0.841. The molecule has 0 aliphatic heterocycles. The Morgan fingerprint density at radius 2 is 1.72 bits per heavy atom. The normalized spacial score (nSPS) is 18.8. The van der Waals surface area contributed by atoms with Crippen molar-refractivity contribution in [3.05, 3.63) is 0 Å². The van der Waals surface area contributed by atoms with E-state index in [1.54, 1.807) is 0 Å². The van der Waals surface area contributed by atoms with Gasteiger partial charge in [-0.25, -0.2) is 0 Å². The highest BCUT2D eigenvalue weighted by Crippen LogP contribution is 2.23. The number of unbranched alkanes of at least 4 members (excludes halogenated alkanes) is 1. The van der Waals surface area contributed by atoms with Crippen molar-refractivity contribution in [1.29, 1.82) is 0 Å². The van der Waals surface area contributed by atoms with Crippen molar-refractivity contribution in [2.75, 3.05) is 19.8 Å². The van der Waals surface area contributed by atoms with E-state index in [2.05, 4.69) is 13.8 Å². The van der Waals surface area contributed by atoms with Crippen molar-refractivity contribution in [3.63, 3.8) is 0 Å². The third kappa shape index (κ3) is 7.38. The monoisotopic (exact) mass is 255 g/mol. The van der Waals surface area contributed by atoms with Gasteiger partial charge in [0.2, 0.25) is 0 Å². The molecule has 0 amide bonds. The van der Waals surface area contributed by atoms with Crippen LogP contribution in [0.5, 0.6) is 0 Å². The second kappa shape index (κ2) is 8.92. The Morgan fingerprint density at radius 3 is 2.33 bits per heavy atom. The van der Waals surface area contributed by atoms with E-state index in [1.165, 1.54) is 57.8 Å². The highest BCUT2D eigenvalue weighted by molar-refractivity contribution is 4.69. The lowest BCUT2D eigenvalue weighted by Gasteiger charge is -2.22. The second-order valence-corrected chi connectivity index (χ2v) is 6.76. The quantitative estimate of drug-likeness (QED) is 0.523. The van der Waals surface area contributed by atoms with E-state index >= 15 is 0 Å². The van der Waals surface area contributed by atoms with Gasteiger partial charge < -0.3 is 10.5 Å². The summed E-state index contributed by atoms with van der Waals surface area (Å²) in [5, 5.41) is 0. The van der Waals surface area contributed by atoms with Gasteiger partial charge in [0.25, 0.3) is 0 Å². The second-order valence-electron chi connectivity index (χ2n) is 6.76. The molecule has 0 atom stereocenters. The molecule has 0 radical (unpaired) electrons. The van der Waals surface area contributed by atoms with Crippen LogP contribution in [0.3, 0.4) is 0 Å². The van der Waals surface area contributed by atoms with E-state index in [4.69, 9.17) is 10.5 Å². The van der Waals surface area contributed by atoms with Crippen molar-refractivity contribution in [2.45, 2.75) is 71.6 Å². The fourth-order valence-electron chi connectivity index (χ4n) is 2.69. The first-order valence-corrected chi connectivity index (χ1v) is 7.92. The molecule has 1 aliphatic rings. The molecule has 2 nitrogen and oxygen atoms in total. The van der Waals surface area contributed by atoms with Crippen molar-refractivity contribution in [2.24, 2.45) is 17.1 Å². The van der Waals surface area contributed by atoms with Crippen LogP contribution in [0.25, 0.3) is 0 Å². The standard InChI is InChI=1S/C16H33NO/c1-16(2,14-17)11-7-8-12-18-13-15-9-5-3-4-6-10-15/h15H,3-14,17H2,1-2H3. The molecule has 0 aromatic heterocycles. The minimum Gasteiger partial charge on any atom is -0.381 e. The summed E-state index contributed by atoms with van der Waals surface area (Å²) >= 11 is 0. The first kappa shape index (κ1) is 16.0. The molecule has 1 rings (SSSR count). The van der Waals surface area contributed by atoms with Gasteiger partial charge in [-0.3, -0.25) is 0 Å². The number of hydrogen-bond acceptors (Lipinski definition) is 2. The Hall–Kier alpha value is -0.0800. The summed E-state index contributed by atoms with van der Waals surface area (Å²) in [6.07, 6.45) is 12.1. The van der Waals surface area contributed by atoms with E-state index in [0.717, 1.165) is 25.7 Å². The largest absolute Gasteiger partial charge is 0.381 e. The molecule has 18 heavy (non-hydrogen) atoms. The number of ether oxygens (including phenoxy) is 1. The summed E-state index contributed by atoms with van der Waals surface area (Å²) in [6, 6.07) is 0. The van der Waals surface area contributed by atoms with Gasteiger partial charge in [-0.05, 0) is 43.6 Å². The molecule has 0 saturated heterocycles. The summed E-state index contributed by atoms with van der Waals surface area (Å²) in [6.45, 7) is 7.23. The van der Waals surface area contributed by atoms with Crippen molar-refractivity contribution < 1.29 is 4.74 Å². The maximum absolute atomic E-state index is 5.85. The minimum atomic E-state index is 0.307. The average Bonchev–Trinajstić information content (AvgIpc) is 2.62. The third-order valence-electron chi connectivity index (χ3n) is 4.27. The zero-order chi connectivity index (χ0) is 13.3. The van der Waals surface area contributed by atoms with Crippen LogP contribution in [0.15, 0.2) is 0 Å². The fraction of sp³-hybridized carbons (Fsp3) is 1.00. The Morgan fingerprint density at radius 1 is 1.06 bits per heavy atom. The SMILES string of the molecule is CC(C)(CN)CCCCOCC1CCCCCC1. The molecule has 0 heterocycles. The van der Waals surface area contributed by atoms with E-state index in [9.17, 15) is 0 Å². The predicted octanol–water partition coefficient (Wildman–Crippen LogP) is 4.13. The van der Waals surface area contributed by atoms with Gasteiger partial charge in [-0.2, -0.15) is 0 Å². The zero-order valence-electron chi connectivity index (χ0n) is 12.5. The Bertz CT molecular complexity index is 195. The van der Waals surface area contributed by atoms with Crippen molar-refractivity contribution >= 4 is 0 Å². The summed E-state index contributed by atoms with van der Waals surface area (Å²) in [7, 11) is 0. The zero-order valence-corrected chi connectivity index (χ0v) is 12.5. The Balaban J connectivity index is 1.94. The molecule has 1 saturated carbocycles. The van der Waals surface area contributed by atoms with Crippen LogP contribution < -0.4 is 5.73 Å². The van der Waals surface area contributed by atoms with E-state index in [0.29, 0.717) is 5.41 Å². The van der Waals surface area contributed by atoms with E-state index < -0.39 is 0 Å². The van der Waals surface area contributed by atoms with Crippen LogP contribution in [-0.4, -0.2) is 19.8 Å². The highest BCUT2D eigenvalue weighted by Gasteiger charge is 2.15. The molecule has 2 heteroatoms. The smallest absolute Gasteiger partial charge is 0.0494 e. The van der Waals surface area contributed by atoms with Crippen LogP contribution in [0, 0.1) is 11.3 Å². The number of rotatable bonds is 8. The molecule has 1 fully saturated rings. The molecule has 1 aliphatic carbocycles. The van der Waals surface area contributed by atoms with Crippen molar-refractivity contribution in [3.8, 4) is 0 Å². The van der Waals surface area contributed by atoms with Crippen LogP contribution in [0.1, 0.15) is 71.6 Å². The predicted molar refractivity (Wildman–Crippen MR) is 78.7 cm³/mol. The molecule has 2 N–H and O–H groups in total. The average molecular weight is 255 g/mol. The lowest BCUT2D eigenvalue weighted by atomic mass is 9.87. The first-order chi connectivity index (χ1) is 8.64. The van der Waals surface area contributed by atoms with Crippen LogP contribution in [0.4, 0.5) is 0 Å². The molecule has 108 valence electrons. The van der Waals surface area contributed by atoms with Gasteiger partial charge in [-0.1, -0.05) is 46.0 Å². The van der Waals surface area contributed by atoms with Gasteiger partial charge in [0.15, 0.2) is 0 Å². The van der Waals surface area contributed by atoms with Gasteiger partial charge in [0, 0.05) is 13.2 Å². The van der Waals surface area contributed by atoms with Gasteiger partial charge in [0.1, 0.15) is 0 Å². The molecular weight excluding hydrogens is 222 g/mol. The van der Waals surface area contributed by atoms with Gasteiger partial charge >= 0.3 is 0 Å². The lowest BCUT2D eigenvalue weighted by molar-refractivity contribution is 0.0892. The summed E-state index contributed by atoms with van der Waals surface area (Å²) < 4.78 is 5.85. The van der Waals surface area contributed by atoms with E-state index in [-0.39, 0.29) is 0 Å². The number of hydrogen-bond donors (Lipinski definition) is 1. The van der Waals surface area contributed by atoms with E-state index in [1.807, 2.05) is 0 Å². The van der Waals surface area contributed by atoms with Gasteiger partial charge in [0.05, 0.1) is 0 Å². The Kier molecular flexibility index (Phi) is 7.92. The molecule has 0 aromatic rings. The highest BCUT2D eigenvalue weighted by atomic mass is 16.5. The summed E-state index contributed by atoms with van der Waals surface area (Å²) in [5.41, 5.74) is 6.04. The van der Waals surface area contributed by atoms with Crippen LogP contribution in [-0.2, 0) is 4.74 Å². The summed E-state index contributed by atoms with van der Waals surface area (Å²) in [4.78, 5) is 0. The molecule has 0 bridgehead atoms. The molecular formula is C16H33NO.